The van der Waals surface area contributed by atoms with E-state index in [-0.39, 0.29) is 12.0 Å². The number of hydrogen-bond donors (Lipinski definition) is 1. The lowest BCUT2D eigenvalue weighted by Crippen LogP contribution is -2.45. The highest BCUT2D eigenvalue weighted by Crippen LogP contribution is 2.52. The summed E-state index contributed by atoms with van der Waals surface area (Å²) in [5.74, 6) is 0. The monoisotopic (exact) mass is 297 g/mol. The zero-order valence-electron chi connectivity index (χ0n) is 10.5. The Kier molecular flexibility index (Phi) is 3.91. The van der Waals surface area contributed by atoms with Crippen LogP contribution in [0.5, 0.6) is 0 Å². The molecule has 2 rings (SSSR count). The second-order valence-electron chi connectivity index (χ2n) is 5.30. The average Bonchev–Trinajstić information content (AvgIpc) is 2.22. The molecule has 2 nitrogen and oxygen atoms in total. The molecule has 0 radical (unpaired) electrons. The molecule has 1 aliphatic carbocycles. The molecule has 0 heterocycles. The molecule has 3 heteroatoms. The summed E-state index contributed by atoms with van der Waals surface area (Å²) < 4.78 is 1.11. The van der Waals surface area contributed by atoms with E-state index < -0.39 is 0 Å². The standard InChI is InChI=1S/C14H20BrNO/c1-16(2)13(14(10-17)7-4-8-14)11-5-3-6-12(15)9-11/h3,5-6,9,13,17H,4,7-8,10H2,1-2H3. The van der Waals surface area contributed by atoms with Gasteiger partial charge in [0.25, 0.3) is 0 Å². The fraction of sp³-hybridized carbons (Fsp3) is 0.571. The van der Waals surface area contributed by atoms with Gasteiger partial charge in [0.2, 0.25) is 0 Å². The van der Waals surface area contributed by atoms with Crippen LogP contribution in [0.4, 0.5) is 0 Å². The van der Waals surface area contributed by atoms with Gasteiger partial charge in [-0.1, -0.05) is 34.5 Å². The third-order valence-electron chi connectivity index (χ3n) is 3.93. The number of aliphatic hydroxyl groups is 1. The van der Waals surface area contributed by atoms with Crippen molar-refractivity contribution in [3.63, 3.8) is 0 Å². The van der Waals surface area contributed by atoms with Crippen LogP contribution in [0.2, 0.25) is 0 Å². The molecule has 0 aromatic heterocycles. The Balaban J connectivity index is 2.35. The third kappa shape index (κ3) is 2.42. The van der Waals surface area contributed by atoms with Crippen LogP contribution in [0.3, 0.4) is 0 Å². The van der Waals surface area contributed by atoms with Crippen molar-refractivity contribution in [2.45, 2.75) is 25.3 Å². The van der Waals surface area contributed by atoms with E-state index in [0.717, 1.165) is 17.3 Å². The minimum absolute atomic E-state index is 0.0598. The number of hydrogen-bond acceptors (Lipinski definition) is 2. The summed E-state index contributed by atoms with van der Waals surface area (Å²) in [6.45, 7) is 0.280. The quantitative estimate of drug-likeness (QED) is 0.922. The second-order valence-corrected chi connectivity index (χ2v) is 6.21. The Morgan fingerprint density at radius 1 is 1.41 bits per heavy atom. The van der Waals surface area contributed by atoms with Gasteiger partial charge in [0, 0.05) is 15.9 Å². The van der Waals surface area contributed by atoms with Crippen LogP contribution >= 0.6 is 15.9 Å². The maximum absolute atomic E-state index is 9.75. The maximum atomic E-state index is 9.75. The van der Waals surface area contributed by atoms with Gasteiger partial charge in [0.1, 0.15) is 0 Å². The molecule has 0 amide bonds. The predicted octanol–water partition coefficient (Wildman–Crippen LogP) is 3.21. The van der Waals surface area contributed by atoms with Crippen LogP contribution in [0.25, 0.3) is 0 Å². The molecule has 1 fully saturated rings. The molecule has 1 atom stereocenters. The van der Waals surface area contributed by atoms with Gasteiger partial charge in [-0.3, -0.25) is 0 Å². The van der Waals surface area contributed by atoms with Crippen molar-refractivity contribution in [3.8, 4) is 0 Å². The van der Waals surface area contributed by atoms with E-state index in [4.69, 9.17) is 0 Å². The largest absolute Gasteiger partial charge is 0.396 e. The van der Waals surface area contributed by atoms with E-state index in [9.17, 15) is 5.11 Å². The highest BCUT2D eigenvalue weighted by molar-refractivity contribution is 9.10. The summed E-state index contributed by atoms with van der Waals surface area (Å²) in [6.07, 6.45) is 3.48. The lowest BCUT2D eigenvalue weighted by atomic mass is 9.62. The summed E-state index contributed by atoms with van der Waals surface area (Å²) in [4.78, 5) is 2.23. The molecule has 1 unspecified atom stereocenters. The minimum Gasteiger partial charge on any atom is -0.396 e. The molecule has 0 spiro atoms. The Morgan fingerprint density at radius 2 is 2.12 bits per heavy atom. The smallest absolute Gasteiger partial charge is 0.0505 e. The minimum atomic E-state index is 0.0598. The average molecular weight is 298 g/mol. The first-order chi connectivity index (χ1) is 8.09. The Hall–Kier alpha value is -0.380. The van der Waals surface area contributed by atoms with Crippen LogP contribution in [0.1, 0.15) is 30.9 Å². The highest BCUT2D eigenvalue weighted by Gasteiger charge is 2.45. The maximum Gasteiger partial charge on any atom is 0.0505 e. The first-order valence-corrected chi connectivity index (χ1v) is 6.91. The zero-order valence-corrected chi connectivity index (χ0v) is 12.1. The van der Waals surface area contributed by atoms with Crippen molar-refractivity contribution in [3.05, 3.63) is 34.3 Å². The summed E-state index contributed by atoms with van der Waals surface area (Å²) in [7, 11) is 4.20. The number of aliphatic hydroxyl groups excluding tert-OH is 1. The first-order valence-electron chi connectivity index (χ1n) is 6.12. The van der Waals surface area contributed by atoms with Crippen LogP contribution in [-0.4, -0.2) is 30.7 Å². The van der Waals surface area contributed by atoms with Crippen molar-refractivity contribution in [1.29, 1.82) is 0 Å². The molecule has 1 aromatic rings. The van der Waals surface area contributed by atoms with Gasteiger partial charge >= 0.3 is 0 Å². The lowest BCUT2D eigenvalue weighted by Gasteiger charge is -2.49. The van der Waals surface area contributed by atoms with Crippen molar-refractivity contribution in [1.82, 2.24) is 4.90 Å². The van der Waals surface area contributed by atoms with Crippen LogP contribution < -0.4 is 0 Å². The van der Waals surface area contributed by atoms with Crippen LogP contribution in [0, 0.1) is 5.41 Å². The Bertz CT molecular complexity index is 382. The molecule has 1 aromatic carbocycles. The molecular formula is C14H20BrNO. The predicted molar refractivity (Wildman–Crippen MR) is 73.9 cm³/mol. The summed E-state index contributed by atoms with van der Waals surface area (Å²) in [5.41, 5.74) is 1.35. The molecule has 0 bridgehead atoms. The topological polar surface area (TPSA) is 23.5 Å². The molecule has 94 valence electrons. The highest BCUT2D eigenvalue weighted by atomic mass is 79.9. The van der Waals surface area contributed by atoms with Gasteiger partial charge in [-0.25, -0.2) is 0 Å². The normalized spacial score (nSPS) is 20.1. The third-order valence-corrected chi connectivity index (χ3v) is 4.42. The van der Waals surface area contributed by atoms with E-state index in [1.807, 2.05) is 6.07 Å². The van der Waals surface area contributed by atoms with E-state index in [2.05, 4.69) is 53.1 Å². The fourth-order valence-electron chi connectivity index (χ4n) is 3.03. The van der Waals surface area contributed by atoms with Crippen molar-refractivity contribution < 1.29 is 5.11 Å². The SMILES string of the molecule is CN(C)C(c1cccc(Br)c1)C1(CO)CCC1. The molecule has 1 saturated carbocycles. The summed E-state index contributed by atoms with van der Waals surface area (Å²) in [5, 5.41) is 9.75. The molecule has 1 N–H and O–H groups in total. The van der Waals surface area contributed by atoms with E-state index in [1.165, 1.54) is 12.0 Å². The van der Waals surface area contributed by atoms with Gasteiger partial charge in [0.05, 0.1) is 6.61 Å². The van der Waals surface area contributed by atoms with Gasteiger partial charge in [-0.15, -0.1) is 0 Å². The summed E-state index contributed by atoms with van der Waals surface area (Å²) in [6, 6.07) is 8.74. The van der Waals surface area contributed by atoms with Gasteiger partial charge < -0.3 is 10.0 Å². The Labute approximate surface area is 112 Å². The molecule has 1 aliphatic rings. The molecule has 0 aliphatic heterocycles. The van der Waals surface area contributed by atoms with Gasteiger partial charge in [-0.2, -0.15) is 0 Å². The van der Waals surface area contributed by atoms with E-state index in [0.29, 0.717) is 6.04 Å². The number of halogens is 1. The van der Waals surface area contributed by atoms with Crippen molar-refractivity contribution in [2.24, 2.45) is 5.41 Å². The lowest BCUT2D eigenvalue weighted by molar-refractivity contribution is -0.0308. The van der Waals surface area contributed by atoms with E-state index >= 15 is 0 Å². The number of rotatable bonds is 4. The van der Waals surface area contributed by atoms with E-state index in [1.54, 1.807) is 0 Å². The number of nitrogens with zero attached hydrogens (tertiary/aromatic N) is 1. The second kappa shape index (κ2) is 5.09. The zero-order chi connectivity index (χ0) is 12.5. The Morgan fingerprint density at radius 3 is 2.53 bits per heavy atom. The molecule has 17 heavy (non-hydrogen) atoms. The fourth-order valence-corrected chi connectivity index (χ4v) is 3.44. The van der Waals surface area contributed by atoms with Crippen molar-refractivity contribution >= 4 is 15.9 Å². The van der Waals surface area contributed by atoms with Crippen LogP contribution in [0.15, 0.2) is 28.7 Å². The number of benzene rings is 1. The molecule has 0 saturated heterocycles. The van der Waals surface area contributed by atoms with Gasteiger partial charge in [0.15, 0.2) is 0 Å². The molecular weight excluding hydrogens is 278 g/mol. The van der Waals surface area contributed by atoms with Gasteiger partial charge in [-0.05, 0) is 44.6 Å². The first kappa shape index (κ1) is 13.1. The summed E-state index contributed by atoms with van der Waals surface area (Å²) >= 11 is 3.53. The van der Waals surface area contributed by atoms with Crippen molar-refractivity contribution in [2.75, 3.05) is 20.7 Å². The van der Waals surface area contributed by atoms with Crippen LogP contribution in [-0.2, 0) is 0 Å².